The third-order valence-corrected chi connectivity index (χ3v) is 3.80. The van der Waals surface area contributed by atoms with Gasteiger partial charge in [0, 0.05) is 25.2 Å². The monoisotopic (exact) mass is 306 g/mol. The molecule has 0 radical (unpaired) electrons. The van der Waals surface area contributed by atoms with Crippen LogP contribution in [0.3, 0.4) is 0 Å². The SMILES string of the molecule is CC(C)N(CCNC(=O)C1COc2ccccc2O1)C(C)C. The molecular formula is C17H26N2O3. The highest BCUT2D eigenvalue weighted by atomic mass is 16.6. The van der Waals surface area contributed by atoms with Crippen LogP contribution in [-0.4, -0.2) is 48.7 Å². The van der Waals surface area contributed by atoms with E-state index in [-0.39, 0.29) is 12.5 Å². The second kappa shape index (κ2) is 7.49. The van der Waals surface area contributed by atoms with Crippen molar-refractivity contribution < 1.29 is 14.3 Å². The summed E-state index contributed by atoms with van der Waals surface area (Å²) in [5, 5.41) is 2.94. The van der Waals surface area contributed by atoms with Crippen LogP contribution in [0.4, 0.5) is 0 Å². The fourth-order valence-electron chi connectivity index (χ4n) is 2.68. The van der Waals surface area contributed by atoms with Gasteiger partial charge in [0.25, 0.3) is 5.91 Å². The van der Waals surface area contributed by atoms with Gasteiger partial charge in [-0.2, -0.15) is 0 Å². The van der Waals surface area contributed by atoms with Gasteiger partial charge >= 0.3 is 0 Å². The lowest BCUT2D eigenvalue weighted by Gasteiger charge is -2.31. The number of nitrogens with zero attached hydrogens (tertiary/aromatic N) is 1. The molecule has 1 atom stereocenters. The number of para-hydroxylation sites is 2. The molecule has 1 heterocycles. The van der Waals surface area contributed by atoms with Gasteiger partial charge in [-0.05, 0) is 39.8 Å². The number of hydrogen-bond acceptors (Lipinski definition) is 4. The standard InChI is InChI=1S/C17H26N2O3/c1-12(2)19(13(3)4)10-9-18-17(20)16-11-21-14-7-5-6-8-15(14)22-16/h5-8,12-13,16H,9-11H2,1-4H3,(H,18,20). The number of nitrogens with one attached hydrogen (secondary N) is 1. The van der Waals surface area contributed by atoms with Crippen LogP contribution in [0.1, 0.15) is 27.7 Å². The van der Waals surface area contributed by atoms with Crippen molar-refractivity contribution in [1.82, 2.24) is 10.2 Å². The molecule has 1 aromatic carbocycles. The van der Waals surface area contributed by atoms with E-state index < -0.39 is 6.10 Å². The number of fused-ring (bicyclic) bond motifs is 1. The lowest BCUT2D eigenvalue weighted by atomic mass is 10.2. The van der Waals surface area contributed by atoms with Crippen LogP contribution in [0.15, 0.2) is 24.3 Å². The summed E-state index contributed by atoms with van der Waals surface area (Å²) in [6, 6.07) is 8.32. The minimum atomic E-state index is -0.582. The highest BCUT2D eigenvalue weighted by Gasteiger charge is 2.27. The van der Waals surface area contributed by atoms with E-state index in [2.05, 4.69) is 37.9 Å². The van der Waals surface area contributed by atoms with Gasteiger partial charge in [-0.25, -0.2) is 0 Å². The zero-order valence-corrected chi connectivity index (χ0v) is 13.8. The molecule has 1 N–H and O–H groups in total. The topological polar surface area (TPSA) is 50.8 Å². The molecule has 1 unspecified atom stereocenters. The van der Waals surface area contributed by atoms with E-state index in [1.54, 1.807) is 0 Å². The van der Waals surface area contributed by atoms with E-state index in [1.165, 1.54) is 0 Å². The van der Waals surface area contributed by atoms with Crippen molar-refractivity contribution in [1.29, 1.82) is 0 Å². The summed E-state index contributed by atoms with van der Waals surface area (Å²) in [5.41, 5.74) is 0. The minimum absolute atomic E-state index is 0.123. The largest absolute Gasteiger partial charge is 0.485 e. The van der Waals surface area contributed by atoms with Crippen molar-refractivity contribution >= 4 is 5.91 Å². The van der Waals surface area contributed by atoms with Crippen molar-refractivity contribution in [2.75, 3.05) is 19.7 Å². The molecule has 0 aliphatic carbocycles. The van der Waals surface area contributed by atoms with Crippen molar-refractivity contribution in [2.24, 2.45) is 0 Å². The van der Waals surface area contributed by atoms with Crippen LogP contribution >= 0.6 is 0 Å². The molecule has 1 aliphatic heterocycles. The van der Waals surface area contributed by atoms with Gasteiger partial charge in [-0.1, -0.05) is 12.1 Å². The van der Waals surface area contributed by atoms with Gasteiger partial charge in [-0.3, -0.25) is 9.69 Å². The van der Waals surface area contributed by atoms with E-state index in [0.29, 0.717) is 30.1 Å². The van der Waals surface area contributed by atoms with Crippen molar-refractivity contribution in [3.63, 3.8) is 0 Å². The number of amides is 1. The minimum Gasteiger partial charge on any atom is -0.485 e. The van der Waals surface area contributed by atoms with Gasteiger partial charge in [0.05, 0.1) is 0 Å². The number of benzene rings is 1. The molecule has 0 aromatic heterocycles. The Labute approximate surface area is 132 Å². The highest BCUT2D eigenvalue weighted by Crippen LogP contribution is 2.30. The zero-order chi connectivity index (χ0) is 16.1. The Morgan fingerprint density at radius 1 is 1.23 bits per heavy atom. The normalized spacial score (nSPS) is 17.1. The molecule has 0 bridgehead atoms. The molecule has 122 valence electrons. The Hall–Kier alpha value is -1.75. The molecule has 2 rings (SSSR count). The van der Waals surface area contributed by atoms with E-state index in [1.807, 2.05) is 24.3 Å². The molecular weight excluding hydrogens is 280 g/mol. The molecule has 5 heteroatoms. The Morgan fingerprint density at radius 2 is 1.86 bits per heavy atom. The van der Waals surface area contributed by atoms with Crippen LogP contribution < -0.4 is 14.8 Å². The summed E-state index contributed by atoms with van der Waals surface area (Å²) in [6.07, 6.45) is -0.582. The van der Waals surface area contributed by atoms with Gasteiger partial charge < -0.3 is 14.8 Å². The first kappa shape index (κ1) is 16.6. The van der Waals surface area contributed by atoms with E-state index in [0.717, 1.165) is 6.54 Å². The van der Waals surface area contributed by atoms with Crippen LogP contribution in [0, 0.1) is 0 Å². The lowest BCUT2D eigenvalue weighted by Crippen LogP contribution is -2.47. The second-order valence-electron chi connectivity index (χ2n) is 6.08. The first-order valence-corrected chi connectivity index (χ1v) is 7.91. The second-order valence-corrected chi connectivity index (χ2v) is 6.08. The van der Waals surface area contributed by atoms with Crippen molar-refractivity contribution in [3.8, 4) is 11.5 Å². The lowest BCUT2D eigenvalue weighted by molar-refractivity contribution is -0.130. The number of carbonyl (C=O) groups is 1. The molecule has 1 amide bonds. The van der Waals surface area contributed by atoms with E-state index in [9.17, 15) is 4.79 Å². The highest BCUT2D eigenvalue weighted by molar-refractivity contribution is 5.81. The maximum absolute atomic E-state index is 12.2. The quantitative estimate of drug-likeness (QED) is 0.874. The van der Waals surface area contributed by atoms with Crippen molar-refractivity contribution in [3.05, 3.63) is 24.3 Å². The summed E-state index contributed by atoms with van der Waals surface area (Å²) < 4.78 is 11.3. The fourth-order valence-corrected chi connectivity index (χ4v) is 2.68. The molecule has 5 nitrogen and oxygen atoms in total. The fraction of sp³-hybridized carbons (Fsp3) is 0.588. The molecule has 0 saturated heterocycles. The Bertz CT molecular complexity index is 494. The summed E-state index contributed by atoms with van der Waals surface area (Å²) in [6.45, 7) is 10.3. The van der Waals surface area contributed by atoms with E-state index >= 15 is 0 Å². The van der Waals surface area contributed by atoms with Gasteiger partial charge in [0.15, 0.2) is 11.5 Å². The predicted octanol–water partition coefficient (Wildman–Crippen LogP) is 2.06. The molecule has 0 fully saturated rings. The molecule has 0 saturated carbocycles. The van der Waals surface area contributed by atoms with Crippen LogP contribution in [0.2, 0.25) is 0 Å². The smallest absolute Gasteiger partial charge is 0.264 e. The van der Waals surface area contributed by atoms with E-state index in [4.69, 9.17) is 9.47 Å². The average Bonchev–Trinajstić information content (AvgIpc) is 2.50. The van der Waals surface area contributed by atoms with Crippen LogP contribution in [0.25, 0.3) is 0 Å². The average molecular weight is 306 g/mol. The van der Waals surface area contributed by atoms with Crippen LogP contribution in [-0.2, 0) is 4.79 Å². The third-order valence-electron chi connectivity index (χ3n) is 3.80. The van der Waals surface area contributed by atoms with Gasteiger partial charge in [0.2, 0.25) is 6.10 Å². The van der Waals surface area contributed by atoms with Gasteiger partial charge in [-0.15, -0.1) is 0 Å². The first-order chi connectivity index (χ1) is 10.5. The molecule has 1 aliphatic rings. The summed E-state index contributed by atoms with van der Waals surface area (Å²) in [5.74, 6) is 1.19. The summed E-state index contributed by atoms with van der Waals surface area (Å²) in [4.78, 5) is 14.5. The van der Waals surface area contributed by atoms with Crippen molar-refractivity contribution in [2.45, 2.75) is 45.9 Å². The summed E-state index contributed by atoms with van der Waals surface area (Å²) >= 11 is 0. The zero-order valence-electron chi connectivity index (χ0n) is 13.8. The number of hydrogen-bond donors (Lipinski definition) is 1. The maximum Gasteiger partial charge on any atom is 0.264 e. The first-order valence-electron chi connectivity index (χ1n) is 7.91. The Balaban J connectivity index is 1.81. The van der Waals surface area contributed by atoms with Gasteiger partial charge in [0.1, 0.15) is 6.61 Å². The molecule has 1 aromatic rings. The Morgan fingerprint density at radius 3 is 2.50 bits per heavy atom. The maximum atomic E-state index is 12.2. The molecule has 0 spiro atoms. The number of carbonyl (C=O) groups excluding carboxylic acids is 1. The molecule has 22 heavy (non-hydrogen) atoms. The number of rotatable bonds is 6. The van der Waals surface area contributed by atoms with Crippen LogP contribution in [0.5, 0.6) is 11.5 Å². The Kier molecular flexibility index (Phi) is 5.66. The summed E-state index contributed by atoms with van der Waals surface area (Å²) in [7, 11) is 0. The third kappa shape index (κ3) is 4.13. The number of ether oxygens (including phenoxy) is 2. The predicted molar refractivity (Wildman–Crippen MR) is 86.3 cm³/mol.